The summed E-state index contributed by atoms with van der Waals surface area (Å²) in [5, 5.41) is 3.84. The molecule has 0 aromatic heterocycles. The van der Waals surface area contributed by atoms with E-state index in [1.54, 1.807) is 4.90 Å². The third kappa shape index (κ3) is 4.62. The van der Waals surface area contributed by atoms with Crippen molar-refractivity contribution < 1.29 is 4.79 Å². The van der Waals surface area contributed by atoms with Crippen LogP contribution in [-0.4, -0.2) is 30.2 Å². The molecule has 3 N–H and O–H groups in total. The SMILES string of the molecule is CC(C)CC1=NC(C)(C)C(=O)N(c2ccc(NCCN)cc2)c2cc(Cl)ccc21. The zero-order chi connectivity index (χ0) is 21.2. The summed E-state index contributed by atoms with van der Waals surface area (Å²) in [7, 11) is 0. The summed E-state index contributed by atoms with van der Waals surface area (Å²) in [4.78, 5) is 20.2. The van der Waals surface area contributed by atoms with Gasteiger partial charge < -0.3 is 11.1 Å². The van der Waals surface area contributed by atoms with Crippen molar-refractivity contribution in [3.05, 3.63) is 53.1 Å². The fourth-order valence-corrected chi connectivity index (χ4v) is 3.67. The molecule has 0 atom stereocenters. The van der Waals surface area contributed by atoms with Crippen molar-refractivity contribution in [2.24, 2.45) is 16.6 Å². The second kappa shape index (κ2) is 8.56. The molecule has 3 rings (SSSR count). The van der Waals surface area contributed by atoms with Gasteiger partial charge in [0.15, 0.2) is 0 Å². The maximum absolute atomic E-state index is 13.6. The Kier molecular flexibility index (Phi) is 6.30. The summed E-state index contributed by atoms with van der Waals surface area (Å²) in [6, 6.07) is 13.5. The van der Waals surface area contributed by atoms with Gasteiger partial charge in [-0.25, -0.2) is 0 Å². The number of fused-ring (bicyclic) bond motifs is 1. The van der Waals surface area contributed by atoms with E-state index in [-0.39, 0.29) is 5.91 Å². The molecule has 1 amide bonds. The number of benzodiazepines with no additional fused rings is 1. The highest BCUT2D eigenvalue weighted by Crippen LogP contribution is 2.38. The summed E-state index contributed by atoms with van der Waals surface area (Å²) in [6.07, 6.45) is 0.793. The van der Waals surface area contributed by atoms with E-state index in [0.717, 1.165) is 34.8 Å². The maximum Gasteiger partial charge on any atom is 0.258 e. The number of aliphatic imine (C=N–C) groups is 1. The van der Waals surface area contributed by atoms with E-state index in [4.69, 9.17) is 22.3 Å². The Morgan fingerprint density at radius 2 is 1.86 bits per heavy atom. The molecule has 0 radical (unpaired) electrons. The van der Waals surface area contributed by atoms with Crippen molar-refractivity contribution in [3.63, 3.8) is 0 Å². The number of anilines is 3. The van der Waals surface area contributed by atoms with Crippen molar-refractivity contribution in [2.45, 2.75) is 39.7 Å². The first-order valence-electron chi connectivity index (χ1n) is 10.00. The predicted molar refractivity (Wildman–Crippen MR) is 123 cm³/mol. The molecule has 0 aliphatic carbocycles. The molecular formula is C23H29ClN4O. The van der Waals surface area contributed by atoms with Crippen LogP contribution in [0.3, 0.4) is 0 Å². The van der Waals surface area contributed by atoms with Gasteiger partial charge in [-0.3, -0.25) is 14.7 Å². The molecule has 154 valence electrons. The number of amides is 1. The molecule has 0 bridgehead atoms. The van der Waals surface area contributed by atoms with Crippen LogP contribution in [0.15, 0.2) is 47.5 Å². The molecule has 0 saturated carbocycles. The Labute approximate surface area is 178 Å². The highest BCUT2D eigenvalue weighted by atomic mass is 35.5. The van der Waals surface area contributed by atoms with Crippen molar-refractivity contribution in [1.29, 1.82) is 0 Å². The average Bonchev–Trinajstić information content (AvgIpc) is 2.73. The van der Waals surface area contributed by atoms with E-state index in [1.165, 1.54) is 0 Å². The Balaban J connectivity index is 2.13. The number of carbonyl (C=O) groups is 1. The predicted octanol–water partition coefficient (Wildman–Crippen LogP) is 5.00. The Morgan fingerprint density at radius 1 is 1.17 bits per heavy atom. The first-order valence-corrected chi connectivity index (χ1v) is 10.4. The molecule has 29 heavy (non-hydrogen) atoms. The lowest BCUT2D eigenvalue weighted by Crippen LogP contribution is -2.41. The standard InChI is InChI=1S/C23H29ClN4O/c1-15(2)13-20-19-10-5-16(24)14-21(19)28(22(29)23(3,4)27-20)18-8-6-17(7-9-18)26-12-11-25/h5-10,14-15,26H,11-13,25H2,1-4H3. The minimum absolute atomic E-state index is 0.0811. The van der Waals surface area contributed by atoms with Crippen LogP contribution in [-0.2, 0) is 4.79 Å². The number of benzene rings is 2. The van der Waals surface area contributed by atoms with Gasteiger partial charge in [0, 0.05) is 40.8 Å². The lowest BCUT2D eigenvalue weighted by Gasteiger charge is -2.28. The molecule has 1 heterocycles. The van der Waals surface area contributed by atoms with Crippen molar-refractivity contribution in [3.8, 4) is 0 Å². The molecule has 5 nitrogen and oxygen atoms in total. The minimum atomic E-state index is -0.883. The van der Waals surface area contributed by atoms with E-state index in [1.807, 2.05) is 56.3 Å². The number of halogens is 1. The second-order valence-corrected chi connectivity index (χ2v) is 8.72. The number of hydrogen-bond donors (Lipinski definition) is 2. The molecule has 2 aromatic carbocycles. The average molecular weight is 413 g/mol. The largest absolute Gasteiger partial charge is 0.384 e. The minimum Gasteiger partial charge on any atom is -0.384 e. The van der Waals surface area contributed by atoms with Crippen LogP contribution in [0.25, 0.3) is 0 Å². The number of nitrogens with two attached hydrogens (primary N) is 1. The van der Waals surface area contributed by atoms with Crippen LogP contribution in [0.4, 0.5) is 17.1 Å². The summed E-state index contributed by atoms with van der Waals surface area (Å²) >= 11 is 6.34. The fourth-order valence-electron chi connectivity index (χ4n) is 3.51. The molecule has 0 fully saturated rings. The highest BCUT2D eigenvalue weighted by Gasteiger charge is 2.38. The fraction of sp³-hybridized carbons (Fsp3) is 0.391. The van der Waals surface area contributed by atoms with E-state index in [0.29, 0.717) is 24.0 Å². The van der Waals surface area contributed by atoms with E-state index in [2.05, 4.69) is 19.2 Å². The van der Waals surface area contributed by atoms with Gasteiger partial charge in [0.25, 0.3) is 5.91 Å². The van der Waals surface area contributed by atoms with E-state index in [9.17, 15) is 4.79 Å². The number of carbonyl (C=O) groups excluding carboxylic acids is 1. The van der Waals surface area contributed by atoms with Crippen molar-refractivity contribution >= 4 is 40.3 Å². The van der Waals surface area contributed by atoms with Gasteiger partial charge in [-0.1, -0.05) is 25.4 Å². The first kappa shape index (κ1) is 21.3. The molecule has 0 unspecified atom stereocenters. The van der Waals surface area contributed by atoms with Crippen LogP contribution in [0.1, 0.15) is 39.7 Å². The van der Waals surface area contributed by atoms with Gasteiger partial charge in [0.1, 0.15) is 5.54 Å². The third-order valence-electron chi connectivity index (χ3n) is 4.85. The van der Waals surface area contributed by atoms with Gasteiger partial charge in [0.05, 0.1) is 5.69 Å². The lowest BCUT2D eigenvalue weighted by atomic mass is 9.98. The van der Waals surface area contributed by atoms with Gasteiger partial charge in [-0.15, -0.1) is 0 Å². The zero-order valence-electron chi connectivity index (χ0n) is 17.5. The zero-order valence-corrected chi connectivity index (χ0v) is 18.3. The van der Waals surface area contributed by atoms with Crippen LogP contribution >= 0.6 is 11.6 Å². The molecule has 2 aromatic rings. The summed E-state index contributed by atoms with van der Waals surface area (Å²) in [6.45, 7) is 9.30. The summed E-state index contributed by atoms with van der Waals surface area (Å²) in [5.41, 5.74) is 9.09. The number of nitrogens with zero attached hydrogens (tertiary/aromatic N) is 2. The van der Waals surface area contributed by atoms with Crippen LogP contribution in [0, 0.1) is 5.92 Å². The smallest absolute Gasteiger partial charge is 0.258 e. The quantitative estimate of drug-likeness (QED) is 0.701. The van der Waals surface area contributed by atoms with Gasteiger partial charge in [-0.05, 0) is 68.7 Å². The lowest BCUT2D eigenvalue weighted by molar-refractivity contribution is -0.121. The van der Waals surface area contributed by atoms with Gasteiger partial charge in [-0.2, -0.15) is 0 Å². The highest BCUT2D eigenvalue weighted by molar-refractivity contribution is 6.31. The van der Waals surface area contributed by atoms with Gasteiger partial charge >= 0.3 is 0 Å². The molecule has 6 heteroatoms. The Morgan fingerprint density at radius 3 is 2.48 bits per heavy atom. The maximum atomic E-state index is 13.6. The number of nitrogens with one attached hydrogen (secondary N) is 1. The number of rotatable bonds is 6. The van der Waals surface area contributed by atoms with E-state index >= 15 is 0 Å². The van der Waals surface area contributed by atoms with Crippen LogP contribution < -0.4 is 16.0 Å². The number of hydrogen-bond acceptors (Lipinski definition) is 4. The van der Waals surface area contributed by atoms with Crippen LogP contribution in [0.2, 0.25) is 5.02 Å². The topological polar surface area (TPSA) is 70.7 Å². The Hall–Kier alpha value is -2.37. The van der Waals surface area contributed by atoms with Crippen molar-refractivity contribution in [2.75, 3.05) is 23.3 Å². The summed E-state index contributed by atoms with van der Waals surface area (Å²) in [5.74, 6) is 0.338. The monoisotopic (exact) mass is 412 g/mol. The second-order valence-electron chi connectivity index (χ2n) is 8.28. The van der Waals surface area contributed by atoms with Crippen LogP contribution in [0.5, 0.6) is 0 Å². The first-order chi connectivity index (χ1) is 13.7. The molecule has 1 aliphatic heterocycles. The molecule has 1 aliphatic rings. The van der Waals surface area contributed by atoms with Crippen molar-refractivity contribution in [1.82, 2.24) is 0 Å². The summed E-state index contributed by atoms with van der Waals surface area (Å²) < 4.78 is 0. The van der Waals surface area contributed by atoms with E-state index < -0.39 is 5.54 Å². The Bertz CT molecular complexity index is 919. The third-order valence-corrected chi connectivity index (χ3v) is 5.09. The molecule has 0 spiro atoms. The van der Waals surface area contributed by atoms with Gasteiger partial charge in [0.2, 0.25) is 0 Å². The normalized spacial score (nSPS) is 15.8. The molecule has 0 saturated heterocycles. The molecular weight excluding hydrogens is 384 g/mol.